The van der Waals surface area contributed by atoms with E-state index in [0.29, 0.717) is 93.7 Å². The molecule has 338 valence electrons. The summed E-state index contributed by atoms with van der Waals surface area (Å²) in [6, 6.07) is 20.5. The predicted octanol–water partition coefficient (Wildman–Crippen LogP) is 8.47. The first kappa shape index (κ1) is 47.1. The molecule has 1 aliphatic carbocycles. The van der Waals surface area contributed by atoms with Crippen LogP contribution in [0.25, 0.3) is 5.00 Å². The number of benzene rings is 3. The highest BCUT2D eigenvalue weighted by Gasteiger charge is 2.36. The van der Waals surface area contributed by atoms with Gasteiger partial charge in [0, 0.05) is 64.3 Å². The molecule has 2 aromatic heterocycles. The van der Waals surface area contributed by atoms with E-state index in [-0.39, 0.29) is 37.8 Å². The van der Waals surface area contributed by atoms with Crippen molar-refractivity contribution in [2.45, 2.75) is 84.3 Å². The molecule has 13 nitrogen and oxygen atoms in total. The molecule has 16 heteroatoms. The van der Waals surface area contributed by atoms with Crippen LogP contribution in [0.2, 0.25) is 5.02 Å². The molecule has 2 aliphatic heterocycles. The van der Waals surface area contributed by atoms with Crippen molar-refractivity contribution in [1.82, 2.24) is 19.7 Å². The largest absolute Gasteiger partial charge is 0.491 e. The van der Waals surface area contributed by atoms with E-state index in [4.69, 9.17) is 35.5 Å². The molecular formula is C48H55ClN6O7S2. The van der Waals surface area contributed by atoms with E-state index in [9.17, 15) is 14.4 Å². The number of aryl methyl sites for hydroxylation is 3. The molecule has 3 aromatic carbocycles. The molecule has 0 spiro atoms. The summed E-state index contributed by atoms with van der Waals surface area (Å²) in [5.74, 6) is 2.23. The number of amides is 2. The summed E-state index contributed by atoms with van der Waals surface area (Å²) in [4.78, 5) is 46.7. The molecule has 64 heavy (non-hydrogen) atoms. The number of nitrogens with one attached hydrogen (secondary N) is 1. The second kappa shape index (κ2) is 21.9. The smallest absolute Gasteiger partial charge is 0.254 e. The highest BCUT2D eigenvalue weighted by atomic mass is 35.5. The van der Waals surface area contributed by atoms with E-state index < -0.39 is 6.04 Å². The van der Waals surface area contributed by atoms with Crippen molar-refractivity contribution in [2.75, 3.05) is 51.6 Å². The summed E-state index contributed by atoms with van der Waals surface area (Å²) < 4.78 is 25.0. The van der Waals surface area contributed by atoms with Crippen molar-refractivity contribution in [3.8, 4) is 10.8 Å². The van der Waals surface area contributed by atoms with Gasteiger partial charge in [-0.15, -0.1) is 21.5 Å². The van der Waals surface area contributed by atoms with Crippen LogP contribution >= 0.6 is 36.4 Å². The first-order valence-electron chi connectivity index (χ1n) is 21.7. The first-order valence-corrected chi connectivity index (χ1v) is 22.9. The molecule has 1 fully saturated rings. The fourth-order valence-corrected chi connectivity index (χ4v) is 9.80. The summed E-state index contributed by atoms with van der Waals surface area (Å²) >= 11 is 7.92. The number of aromatic nitrogens is 3. The predicted molar refractivity (Wildman–Crippen MR) is 253 cm³/mol. The normalized spacial score (nSPS) is 15.8. The number of ketones is 1. The maximum atomic E-state index is 13.5. The second-order valence-corrected chi connectivity index (χ2v) is 17.8. The molecule has 8 rings (SSSR count). The SMILES string of the molecule is Cc1sc2c(c1C)C(c1ccc(Cl)cc1)=N[C@@H](CC(=O)Nc1ccc(OCCOCCOCCOCCCc3cccc4c3CN(C3CCC(=O)CC3)C4=O)cc1)c1nnc(C)n1-2.S. The minimum Gasteiger partial charge on any atom is -0.491 e. The number of hydrogen-bond donors (Lipinski definition) is 1. The number of anilines is 1. The Kier molecular flexibility index (Phi) is 16.1. The Bertz CT molecular complexity index is 2460. The van der Waals surface area contributed by atoms with Gasteiger partial charge in [0.2, 0.25) is 5.91 Å². The van der Waals surface area contributed by atoms with Gasteiger partial charge in [-0.25, -0.2) is 0 Å². The summed E-state index contributed by atoms with van der Waals surface area (Å²) in [5.41, 5.74) is 7.63. The van der Waals surface area contributed by atoms with Crippen LogP contribution in [0.4, 0.5) is 5.69 Å². The van der Waals surface area contributed by atoms with Crippen molar-refractivity contribution >= 4 is 65.4 Å². The molecule has 0 radical (unpaired) electrons. The van der Waals surface area contributed by atoms with Gasteiger partial charge in [0.05, 0.1) is 45.2 Å². The number of Topliss-reactive ketones (excluding diaryl/α,β-unsaturated/α-hetero) is 1. The highest BCUT2D eigenvalue weighted by Crippen LogP contribution is 2.40. The summed E-state index contributed by atoms with van der Waals surface area (Å²) in [6.45, 7) is 10.0. The fraction of sp³-hybridized carbons (Fsp3) is 0.417. The van der Waals surface area contributed by atoms with Gasteiger partial charge in [-0.2, -0.15) is 13.5 Å². The molecule has 1 atom stereocenters. The van der Waals surface area contributed by atoms with Gasteiger partial charge < -0.3 is 29.2 Å². The monoisotopic (exact) mass is 926 g/mol. The molecular weight excluding hydrogens is 872 g/mol. The second-order valence-electron chi connectivity index (χ2n) is 16.1. The van der Waals surface area contributed by atoms with Crippen molar-refractivity contribution in [3.05, 3.63) is 122 Å². The zero-order valence-corrected chi connectivity index (χ0v) is 39.1. The third kappa shape index (κ3) is 11.0. The lowest BCUT2D eigenvalue weighted by molar-refractivity contribution is -0.121. The van der Waals surface area contributed by atoms with Gasteiger partial charge in [-0.1, -0.05) is 35.9 Å². The number of carbonyl (C=O) groups is 3. The molecule has 1 saturated carbocycles. The maximum absolute atomic E-state index is 13.5. The zero-order valence-electron chi connectivity index (χ0n) is 36.5. The van der Waals surface area contributed by atoms with Crippen LogP contribution in [-0.2, 0) is 36.8 Å². The number of thiophene rings is 1. The molecule has 3 aliphatic rings. The fourth-order valence-electron chi connectivity index (χ4n) is 8.46. The topological polar surface area (TPSA) is 146 Å². The van der Waals surface area contributed by atoms with E-state index in [1.54, 1.807) is 11.3 Å². The quantitative estimate of drug-likeness (QED) is 0.0806. The van der Waals surface area contributed by atoms with Crippen LogP contribution in [0.1, 0.15) is 99.3 Å². The number of aliphatic imine (C=N–C) groups is 1. The number of halogens is 1. The van der Waals surface area contributed by atoms with Gasteiger partial charge in [-0.05, 0) is 106 Å². The Labute approximate surface area is 390 Å². The number of hydrogen-bond acceptors (Lipinski definition) is 11. The van der Waals surface area contributed by atoms with Crippen LogP contribution in [0.5, 0.6) is 5.75 Å². The van der Waals surface area contributed by atoms with E-state index in [2.05, 4.69) is 35.4 Å². The number of rotatable bonds is 19. The Hall–Kier alpha value is -4.90. The highest BCUT2D eigenvalue weighted by molar-refractivity contribution is 7.59. The van der Waals surface area contributed by atoms with E-state index >= 15 is 0 Å². The van der Waals surface area contributed by atoms with Gasteiger partial charge in [0.15, 0.2) is 5.82 Å². The number of ether oxygens (including phenoxy) is 4. The molecule has 0 bridgehead atoms. The van der Waals surface area contributed by atoms with Gasteiger partial charge >= 0.3 is 0 Å². The third-order valence-electron chi connectivity index (χ3n) is 11.9. The average Bonchev–Trinajstić information content (AvgIpc) is 3.90. The lowest BCUT2D eigenvalue weighted by Gasteiger charge is -2.30. The van der Waals surface area contributed by atoms with Crippen molar-refractivity contribution in [1.29, 1.82) is 0 Å². The number of nitrogens with zero attached hydrogens (tertiary/aromatic N) is 5. The molecule has 0 saturated heterocycles. The van der Waals surface area contributed by atoms with Crippen LogP contribution in [0.15, 0.2) is 71.7 Å². The van der Waals surface area contributed by atoms with Crippen molar-refractivity contribution in [2.24, 2.45) is 4.99 Å². The minimum absolute atomic E-state index is 0. The molecule has 5 aromatic rings. The van der Waals surface area contributed by atoms with Crippen LogP contribution < -0.4 is 10.1 Å². The molecule has 1 N–H and O–H groups in total. The maximum Gasteiger partial charge on any atom is 0.254 e. The number of carbonyl (C=O) groups excluding carboxylic acids is 3. The van der Waals surface area contributed by atoms with Crippen molar-refractivity contribution in [3.63, 3.8) is 0 Å². The lowest BCUT2D eigenvalue weighted by Crippen LogP contribution is -2.38. The Morgan fingerprint density at radius 1 is 0.859 bits per heavy atom. The van der Waals surface area contributed by atoms with E-state index in [0.717, 1.165) is 70.0 Å². The Balaban J connectivity index is 0.00000612. The lowest BCUT2D eigenvalue weighted by atomic mass is 9.93. The van der Waals surface area contributed by atoms with E-state index in [1.807, 2.05) is 77.1 Å². The van der Waals surface area contributed by atoms with Crippen LogP contribution in [0, 0.1) is 20.8 Å². The van der Waals surface area contributed by atoms with Gasteiger partial charge in [0.1, 0.15) is 35.0 Å². The Morgan fingerprint density at radius 2 is 1.55 bits per heavy atom. The zero-order chi connectivity index (χ0) is 43.9. The standard InChI is InChI=1S/C48H53ClN6O7S.H2S/c1-30-31(2)63-48-44(30)45(34-9-11-35(49)12-10-34)51-42(46-53-52-32(3)55(46)48)28-43(57)50-36-13-19-39(20-14-36)62-27-26-61-25-24-60-23-22-59-21-5-7-33-6-4-8-40-41(33)29-54(47(40)58)37-15-17-38(56)18-16-37;/h4,6,8-14,19-20,37,42H,5,7,15-18,21-29H2,1-3H3,(H,50,57);1H2/t42-;/m0./s1. The van der Waals surface area contributed by atoms with Crippen LogP contribution in [-0.4, -0.2) is 95.3 Å². The van der Waals surface area contributed by atoms with E-state index in [1.165, 1.54) is 10.4 Å². The Morgan fingerprint density at radius 3 is 2.27 bits per heavy atom. The summed E-state index contributed by atoms with van der Waals surface area (Å²) in [6.07, 6.45) is 4.45. The minimum atomic E-state index is -0.570. The van der Waals surface area contributed by atoms with Crippen molar-refractivity contribution < 1.29 is 33.3 Å². The molecule has 4 heterocycles. The van der Waals surface area contributed by atoms with Gasteiger partial charge in [-0.3, -0.25) is 23.9 Å². The number of fused-ring (bicyclic) bond motifs is 4. The summed E-state index contributed by atoms with van der Waals surface area (Å²) in [7, 11) is 0. The molecule has 0 unspecified atom stereocenters. The van der Waals surface area contributed by atoms with Crippen LogP contribution in [0.3, 0.4) is 0 Å². The summed E-state index contributed by atoms with van der Waals surface area (Å²) in [5, 5.41) is 13.5. The molecule has 2 amide bonds. The third-order valence-corrected chi connectivity index (χ3v) is 13.3. The average molecular weight is 928 g/mol. The first-order chi connectivity index (χ1) is 30.6. The van der Waals surface area contributed by atoms with Gasteiger partial charge in [0.25, 0.3) is 5.91 Å².